The second-order valence-corrected chi connectivity index (χ2v) is 5.66. The topological polar surface area (TPSA) is 58.2 Å². The van der Waals surface area contributed by atoms with Crippen LogP contribution in [0.2, 0.25) is 0 Å². The molecule has 8 heteroatoms. The van der Waals surface area contributed by atoms with Gasteiger partial charge in [-0.2, -0.15) is 13.2 Å². The number of rotatable bonds is 6. The summed E-state index contributed by atoms with van der Waals surface area (Å²) in [6.45, 7) is 2.28. The van der Waals surface area contributed by atoms with E-state index in [1.54, 1.807) is 17.5 Å². The maximum atomic E-state index is 12.8. The van der Waals surface area contributed by atoms with Crippen molar-refractivity contribution in [1.29, 1.82) is 0 Å². The molecule has 21 heavy (non-hydrogen) atoms. The molecule has 0 radical (unpaired) electrons. The monoisotopic (exact) mass is 322 g/mol. The van der Waals surface area contributed by atoms with Crippen molar-refractivity contribution in [2.45, 2.75) is 38.4 Å². The molecule has 0 bridgehead atoms. The van der Waals surface area contributed by atoms with Crippen molar-refractivity contribution in [2.24, 2.45) is 0 Å². The van der Waals surface area contributed by atoms with Crippen molar-refractivity contribution in [3.63, 3.8) is 0 Å². The molecular weight excluding hydrogens is 305 g/mol. The van der Waals surface area contributed by atoms with Crippen LogP contribution in [0.3, 0.4) is 0 Å². The van der Waals surface area contributed by atoms with E-state index in [1.165, 1.54) is 18.3 Å². The fourth-order valence-corrected chi connectivity index (χ4v) is 2.15. The van der Waals surface area contributed by atoms with Crippen molar-refractivity contribution in [2.75, 3.05) is 6.54 Å². The number of carbonyl (C=O) groups is 2. The SMILES string of the molecule is CC[C@](C)(NC(=O)CCNC(=O)c1cccs1)C(F)(F)F. The van der Waals surface area contributed by atoms with Gasteiger partial charge in [0.15, 0.2) is 0 Å². The lowest BCUT2D eigenvalue weighted by molar-refractivity contribution is -0.194. The highest BCUT2D eigenvalue weighted by atomic mass is 32.1. The largest absolute Gasteiger partial charge is 0.411 e. The Morgan fingerprint density at radius 2 is 2.00 bits per heavy atom. The van der Waals surface area contributed by atoms with Crippen molar-refractivity contribution < 1.29 is 22.8 Å². The Kier molecular flexibility index (Phi) is 5.77. The van der Waals surface area contributed by atoms with Crippen LogP contribution in [0.1, 0.15) is 36.4 Å². The van der Waals surface area contributed by atoms with Crippen LogP contribution < -0.4 is 10.6 Å². The predicted octanol–water partition coefficient (Wildman–Crippen LogP) is 2.72. The number of alkyl halides is 3. The Bertz CT molecular complexity index is 488. The van der Waals surface area contributed by atoms with E-state index < -0.39 is 17.6 Å². The highest BCUT2D eigenvalue weighted by molar-refractivity contribution is 7.12. The third kappa shape index (κ3) is 4.73. The van der Waals surface area contributed by atoms with Gasteiger partial charge in [-0.15, -0.1) is 11.3 Å². The summed E-state index contributed by atoms with van der Waals surface area (Å²) in [6.07, 6.45) is -4.98. The van der Waals surface area contributed by atoms with E-state index in [9.17, 15) is 22.8 Å². The molecule has 0 aliphatic heterocycles. The summed E-state index contributed by atoms with van der Waals surface area (Å²) in [6, 6.07) is 3.33. The Hall–Kier alpha value is -1.57. The molecule has 0 spiro atoms. The highest BCUT2D eigenvalue weighted by Gasteiger charge is 2.50. The minimum Gasteiger partial charge on any atom is -0.351 e. The van der Waals surface area contributed by atoms with E-state index in [-0.39, 0.29) is 25.3 Å². The van der Waals surface area contributed by atoms with Crippen LogP contribution in [0.5, 0.6) is 0 Å². The summed E-state index contributed by atoms with van der Waals surface area (Å²) < 4.78 is 38.5. The predicted molar refractivity (Wildman–Crippen MR) is 74.2 cm³/mol. The lowest BCUT2D eigenvalue weighted by Crippen LogP contribution is -2.56. The Labute approximate surface area is 124 Å². The maximum Gasteiger partial charge on any atom is 0.411 e. The fourth-order valence-electron chi connectivity index (χ4n) is 1.51. The zero-order valence-electron chi connectivity index (χ0n) is 11.7. The van der Waals surface area contributed by atoms with Crippen LogP contribution in [0.4, 0.5) is 13.2 Å². The normalized spacial score (nSPS) is 14.3. The molecule has 0 aliphatic rings. The molecule has 0 saturated carbocycles. The number of halogens is 3. The molecule has 0 aliphatic carbocycles. The van der Waals surface area contributed by atoms with Gasteiger partial charge in [-0.3, -0.25) is 9.59 Å². The Balaban J connectivity index is 2.42. The average Bonchev–Trinajstić information content (AvgIpc) is 2.90. The van der Waals surface area contributed by atoms with Crippen LogP contribution in [0.15, 0.2) is 17.5 Å². The van der Waals surface area contributed by atoms with Crippen molar-refractivity contribution in [1.82, 2.24) is 10.6 Å². The van der Waals surface area contributed by atoms with Gasteiger partial charge in [0.25, 0.3) is 5.91 Å². The molecule has 1 heterocycles. The van der Waals surface area contributed by atoms with Gasteiger partial charge in [0.05, 0.1) is 4.88 Å². The van der Waals surface area contributed by atoms with Crippen molar-refractivity contribution in [3.05, 3.63) is 22.4 Å². The van der Waals surface area contributed by atoms with Gasteiger partial charge >= 0.3 is 6.18 Å². The zero-order chi connectivity index (χ0) is 16.1. The Morgan fingerprint density at radius 1 is 1.33 bits per heavy atom. The van der Waals surface area contributed by atoms with Gasteiger partial charge in [-0.05, 0) is 24.8 Å². The van der Waals surface area contributed by atoms with Crippen molar-refractivity contribution in [3.8, 4) is 0 Å². The smallest absolute Gasteiger partial charge is 0.351 e. The number of carbonyl (C=O) groups excluding carboxylic acids is 2. The van der Waals surface area contributed by atoms with Crippen LogP contribution in [-0.2, 0) is 4.79 Å². The summed E-state index contributed by atoms with van der Waals surface area (Å²) in [5, 5.41) is 6.20. The summed E-state index contributed by atoms with van der Waals surface area (Å²) in [7, 11) is 0. The van der Waals surface area contributed by atoms with E-state index in [0.29, 0.717) is 4.88 Å². The molecule has 1 aromatic rings. The first kappa shape index (κ1) is 17.5. The zero-order valence-corrected chi connectivity index (χ0v) is 12.5. The molecule has 0 fully saturated rings. The summed E-state index contributed by atoms with van der Waals surface area (Å²) >= 11 is 1.25. The first-order valence-corrected chi connectivity index (χ1v) is 7.27. The van der Waals surface area contributed by atoms with Crippen molar-refractivity contribution >= 4 is 23.2 Å². The molecule has 1 rings (SSSR count). The van der Waals surface area contributed by atoms with E-state index in [4.69, 9.17) is 0 Å². The van der Waals surface area contributed by atoms with E-state index in [0.717, 1.165) is 6.92 Å². The standard InChI is InChI=1S/C13H17F3N2O2S/c1-3-12(2,13(14,15)16)18-10(19)6-7-17-11(20)9-5-4-8-21-9/h4-5,8H,3,6-7H2,1-2H3,(H,17,20)(H,18,19)/t12-/m0/s1. The first-order valence-electron chi connectivity index (χ1n) is 6.39. The van der Waals surface area contributed by atoms with Gasteiger partial charge < -0.3 is 10.6 Å². The molecule has 0 saturated heterocycles. The number of hydrogen-bond acceptors (Lipinski definition) is 3. The van der Waals surface area contributed by atoms with E-state index >= 15 is 0 Å². The lowest BCUT2D eigenvalue weighted by Gasteiger charge is -2.31. The summed E-state index contributed by atoms with van der Waals surface area (Å²) in [5.41, 5.74) is -2.25. The molecule has 1 aromatic heterocycles. The Morgan fingerprint density at radius 3 is 2.48 bits per heavy atom. The summed E-state index contributed by atoms with van der Waals surface area (Å²) in [4.78, 5) is 23.6. The average molecular weight is 322 g/mol. The second-order valence-electron chi connectivity index (χ2n) is 4.71. The molecular formula is C13H17F3N2O2S. The fraction of sp³-hybridized carbons (Fsp3) is 0.538. The number of hydrogen-bond donors (Lipinski definition) is 2. The lowest BCUT2D eigenvalue weighted by atomic mass is 9.98. The van der Waals surface area contributed by atoms with Crippen LogP contribution in [0, 0.1) is 0 Å². The quantitative estimate of drug-likeness (QED) is 0.846. The molecule has 0 unspecified atom stereocenters. The van der Waals surface area contributed by atoms with Crippen LogP contribution in [0.25, 0.3) is 0 Å². The first-order chi connectivity index (χ1) is 9.69. The molecule has 4 nitrogen and oxygen atoms in total. The molecule has 118 valence electrons. The summed E-state index contributed by atoms with van der Waals surface area (Å²) in [5.74, 6) is -1.09. The highest BCUT2D eigenvalue weighted by Crippen LogP contribution is 2.32. The molecule has 1 atom stereocenters. The minimum absolute atomic E-state index is 0.0137. The van der Waals surface area contributed by atoms with Gasteiger partial charge in [0.1, 0.15) is 5.54 Å². The third-order valence-corrected chi connectivity index (χ3v) is 4.00. The van der Waals surface area contributed by atoms with Gasteiger partial charge in [-0.1, -0.05) is 13.0 Å². The maximum absolute atomic E-state index is 12.8. The number of nitrogens with one attached hydrogen (secondary N) is 2. The van der Waals surface area contributed by atoms with Gasteiger partial charge in [0, 0.05) is 13.0 Å². The van der Waals surface area contributed by atoms with E-state index in [2.05, 4.69) is 5.32 Å². The molecule has 0 aromatic carbocycles. The molecule has 2 N–H and O–H groups in total. The number of amides is 2. The van der Waals surface area contributed by atoms with Gasteiger partial charge in [0.2, 0.25) is 5.91 Å². The number of thiophene rings is 1. The van der Waals surface area contributed by atoms with Crippen LogP contribution in [-0.4, -0.2) is 30.1 Å². The van der Waals surface area contributed by atoms with E-state index in [1.807, 2.05) is 5.32 Å². The second kappa shape index (κ2) is 6.93. The van der Waals surface area contributed by atoms with Crippen LogP contribution >= 0.6 is 11.3 Å². The van der Waals surface area contributed by atoms with Gasteiger partial charge in [-0.25, -0.2) is 0 Å². The third-order valence-electron chi connectivity index (χ3n) is 3.13. The molecule has 2 amide bonds. The minimum atomic E-state index is -4.52.